The fraction of sp³-hybridized carbons (Fsp3) is 0.353. The number of benzene rings is 1. The first-order valence-corrected chi connectivity index (χ1v) is 10.0. The van der Waals surface area contributed by atoms with E-state index < -0.39 is 18.9 Å². The fourth-order valence-electron chi connectivity index (χ4n) is 3.29. The molecule has 26 heavy (non-hydrogen) atoms. The number of fused-ring (bicyclic) bond motifs is 1. The SMILES string of the molecule is CCc1cc(F)c(N)c2nc(-c3ccoc3P(=O)(O)O)n(CC3CC3)c12. The van der Waals surface area contributed by atoms with Crippen LogP contribution in [0.5, 0.6) is 0 Å². The van der Waals surface area contributed by atoms with E-state index in [1.54, 1.807) is 0 Å². The second-order valence-corrected chi connectivity index (χ2v) is 8.15. The Labute approximate surface area is 148 Å². The van der Waals surface area contributed by atoms with Crippen molar-refractivity contribution in [2.24, 2.45) is 5.92 Å². The van der Waals surface area contributed by atoms with Crippen LogP contribution in [0.3, 0.4) is 0 Å². The number of nitrogens with two attached hydrogens (primary N) is 1. The number of furan rings is 1. The molecule has 1 saturated carbocycles. The number of anilines is 1. The van der Waals surface area contributed by atoms with Gasteiger partial charge in [-0.3, -0.25) is 4.57 Å². The summed E-state index contributed by atoms with van der Waals surface area (Å²) < 4.78 is 32.9. The third-order valence-corrected chi connectivity index (χ3v) is 5.63. The smallest absolute Gasteiger partial charge is 0.391 e. The van der Waals surface area contributed by atoms with Gasteiger partial charge in [0.2, 0.25) is 5.50 Å². The molecule has 1 aliphatic carbocycles. The highest BCUT2D eigenvalue weighted by atomic mass is 31.2. The maximum Gasteiger partial charge on any atom is 0.391 e. The van der Waals surface area contributed by atoms with Gasteiger partial charge in [0.15, 0.2) is 0 Å². The van der Waals surface area contributed by atoms with Crippen molar-refractivity contribution in [1.29, 1.82) is 0 Å². The van der Waals surface area contributed by atoms with E-state index in [0.717, 1.165) is 18.4 Å². The van der Waals surface area contributed by atoms with Crippen LogP contribution >= 0.6 is 7.60 Å². The van der Waals surface area contributed by atoms with Gasteiger partial charge in [0, 0.05) is 6.54 Å². The number of imidazole rings is 1. The summed E-state index contributed by atoms with van der Waals surface area (Å²) in [5, 5.41) is 0. The summed E-state index contributed by atoms with van der Waals surface area (Å²) >= 11 is 0. The molecule has 0 radical (unpaired) electrons. The summed E-state index contributed by atoms with van der Waals surface area (Å²) in [4.78, 5) is 23.6. The van der Waals surface area contributed by atoms with E-state index in [1.165, 1.54) is 18.4 Å². The van der Waals surface area contributed by atoms with Gasteiger partial charge in [0.05, 0.1) is 23.0 Å². The van der Waals surface area contributed by atoms with Gasteiger partial charge in [-0.25, -0.2) is 9.37 Å². The first-order valence-electron chi connectivity index (χ1n) is 8.42. The minimum atomic E-state index is -4.62. The predicted octanol–water partition coefficient (Wildman–Crippen LogP) is 2.79. The molecule has 0 bridgehead atoms. The number of aryl methyl sites for hydroxylation is 1. The van der Waals surface area contributed by atoms with E-state index in [4.69, 9.17) is 10.2 Å². The Balaban J connectivity index is 2.05. The van der Waals surface area contributed by atoms with Gasteiger partial charge in [0.25, 0.3) is 0 Å². The Morgan fingerprint density at radius 3 is 2.81 bits per heavy atom. The van der Waals surface area contributed by atoms with Crippen molar-refractivity contribution in [1.82, 2.24) is 9.55 Å². The topological polar surface area (TPSA) is 115 Å². The lowest BCUT2D eigenvalue weighted by atomic mass is 10.1. The van der Waals surface area contributed by atoms with Crippen molar-refractivity contribution in [3.8, 4) is 11.4 Å². The summed E-state index contributed by atoms with van der Waals surface area (Å²) in [6, 6.07) is 2.88. The quantitative estimate of drug-likeness (QED) is 0.464. The van der Waals surface area contributed by atoms with E-state index >= 15 is 0 Å². The van der Waals surface area contributed by atoms with E-state index in [0.29, 0.717) is 35.7 Å². The molecule has 0 spiro atoms. The highest BCUT2D eigenvalue weighted by Gasteiger charge is 2.32. The molecule has 9 heteroatoms. The number of hydrogen-bond acceptors (Lipinski definition) is 4. The first-order chi connectivity index (χ1) is 12.3. The lowest BCUT2D eigenvalue weighted by Gasteiger charge is -2.12. The fourth-order valence-corrected chi connectivity index (χ4v) is 3.97. The van der Waals surface area contributed by atoms with Crippen LogP contribution in [-0.2, 0) is 17.5 Å². The standard InChI is InChI=1S/C17H19FN3O4P/c1-2-10-7-12(18)13(19)14-15(10)21(8-9-3-4-9)16(20-14)11-5-6-25-17(11)26(22,23)24/h5-7,9H,2-4,8,19H2,1H3,(H2,22,23,24). The summed E-state index contributed by atoms with van der Waals surface area (Å²) in [7, 11) is -4.62. The van der Waals surface area contributed by atoms with Gasteiger partial charge < -0.3 is 24.5 Å². The third-order valence-electron chi connectivity index (χ3n) is 4.75. The molecule has 0 atom stereocenters. The summed E-state index contributed by atoms with van der Waals surface area (Å²) in [6.07, 6.45) is 3.96. The van der Waals surface area contributed by atoms with Crippen LogP contribution in [0.15, 0.2) is 22.8 Å². The van der Waals surface area contributed by atoms with Crippen LogP contribution in [0.2, 0.25) is 0 Å². The Morgan fingerprint density at radius 2 is 2.19 bits per heavy atom. The number of rotatable bonds is 5. The molecule has 0 saturated heterocycles. The molecule has 2 aromatic heterocycles. The summed E-state index contributed by atoms with van der Waals surface area (Å²) in [6.45, 7) is 2.55. The zero-order chi connectivity index (χ0) is 18.6. The van der Waals surface area contributed by atoms with Crippen molar-refractivity contribution in [2.45, 2.75) is 32.7 Å². The van der Waals surface area contributed by atoms with Crippen molar-refractivity contribution in [2.75, 3.05) is 5.73 Å². The van der Waals surface area contributed by atoms with Gasteiger partial charge in [0.1, 0.15) is 17.2 Å². The Bertz CT molecular complexity index is 1050. The van der Waals surface area contributed by atoms with Gasteiger partial charge in [-0.15, -0.1) is 0 Å². The maximum atomic E-state index is 14.2. The second kappa shape index (κ2) is 5.94. The summed E-state index contributed by atoms with van der Waals surface area (Å²) in [5.41, 5.74) is 7.41. The zero-order valence-electron chi connectivity index (χ0n) is 14.1. The van der Waals surface area contributed by atoms with Gasteiger partial charge in [-0.05, 0) is 42.9 Å². The molecule has 1 aliphatic rings. The molecule has 0 amide bonds. The van der Waals surface area contributed by atoms with Gasteiger partial charge in [-0.2, -0.15) is 0 Å². The molecular formula is C17H19FN3O4P. The molecular weight excluding hydrogens is 360 g/mol. The molecule has 2 heterocycles. The van der Waals surface area contributed by atoms with Crippen LogP contribution in [0.25, 0.3) is 22.4 Å². The average Bonchev–Trinajstić information content (AvgIpc) is 3.11. The van der Waals surface area contributed by atoms with Crippen molar-refractivity contribution < 1.29 is 23.2 Å². The normalized spacial score (nSPS) is 15.1. The third kappa shape index (κ3) is 2.74. The average molecular weight is 379 g/mol. The van der Waals surface area contributed by atoms with E-state index in [2.05, 4.69) is 4.98 Å². The number of halogens is 1. The number of hydrogen-bond donors (Lipinski definition) is 3. The van der Waals surface area contributed by atoms with Gasteiger partial charge >= 0.3 is 7.60 Å². The van der Waals surface area contributed by atoms with E-state index in [-0.39, 0.29) is 11.3 Å². The van der Waals surface area contributed by atoms with E-state index in [1.807, 2.05) is 11.5 Å². The highest BCUT2D eigenvalue weighted by molar-refractivity contribution is 7.60. The molecule has 4 rings (SSSR count). The largest absolute Gasteiger partial charge is 0.456 e. The molecule has 1 fully saturated rings. The molecule has 0 aliphatic heterocycles. The Hall–Kier alpha value is -2.15. The molecule has 7 nitrogen and oxygen atoms in total. The number of aromatic nitrogens is 2. The van der Waals surface area contributed by atoms with Crippen molar-refractivity contribution in [3.05, 3.63) is 29.8 Å². The van der Waals surface area contributed by atoms with Crippen molar-refractivity contribution in [3.63, 3.8) is 0 Å². The lowest BCUT2D eigenvalue weighted by Crippen LogP contribution is -2.09. The summed E-state index contributed by atoms with van der Waals surface area (Å²) in [5.74, 6) is 0.262. The van der Waals surface area contributed by atoms with Crippen LogP contribution in [0.1, 0.15) is 25.3 Å². The van der Waals surface area contributed by atoms with Crippen molar-refractivity contribution >= 4 is 29.8 Å². The highest BCUT2D eigenvalue weighted by Crippen LogP contribution is 2.41. The maximum absolute atomic E-state index is 14.2. The van der Waals surface area contributed by atoms with E-state index in [9.17, 15) is 18.7 Å². The second-order valence-electron chi connectivity index (χ2n) is 6.65. The van der Waals surface area contributed by atoms with Crippen LogP contribution in [-0.4, -0.2) is 19.3 Å². The minimum Gasteiger partial charge on any atom is -0.456 e. The Kier molecular flexibility index (Phi) is 3.95. The van der Waals surface area contributed by atoms with Crippen LogP contribution in [0, 0.1) is 11.7 Å². The van der Waals surface area contributed by atoms with Crippen LogP contribution in [0.4, 0.5) is 10.1 Å². The monoisotopic (exact) mass is 379 g/mol. The van der Waals surface area contributed by atoms with Gasteiger partial charge in [-0.1, -0.05) is 6.92 Å². The predicted molar refractivity (Wildman–Crippen MR) is 95.6 cm³/mol. The number of nitrogen functional groups attached to an aromatic ring is 1. The first kappa shape index (κ1) is 17.3. The number of nitrogens with zero attached hydrogens (tertiary/aromatic N) is 2. The lowest BCUT2D eigenvalue weighted by molar-refractivity contribution is 0.376. The molecule has 3 aromatic rings. The molecule has 1 aromatic carbocycles. The molecule has 0 unspecified atom stereocenters. The molecule has 4 N–H and O–H groups in total. The minimum absolute atomic E-state index is 0.0609. The molecule has 138 valence electrons. The van der Waals surface area contributed by atoms with Crippen LogP contribution < -0.4 is 11.2 Å². The zero-order valence-corrected chi connectivity index (χ0v) is 15.0. The Morgan fingerprint density at radius 1 is 1.46 bits per heavy atom.